The molecule has 21 heavy (non-hydrogen) atoms. The molecule has 0 aromatic heterocycles. The van der Waals surface area contributed by atoms with Crippen LogP contribution in [0.4, 0.5) is 4.79 Å². The van der Waals surface area contributed by atoms with Gasteiger partial charge >= 0.3 is 12.0 Å². The van der Waals surface area contributed by atoms with Crippen molar-refractivity contribution in [3.63, 3.8) is 0 Å². The minimum atomic E-state index is -0.864. The van der Waals surface area contributed by atoms with Crippen molar-refractivity contribution in [3.05, 3.63) is 0 Å². The Balaban J connectivity index is 2.24. The molecule has 7 heteroatoms. The van der Waals surface area contributed by atoms with Gasteiger partial charge in [-0.05, 0) is 12.3 Å². The first kappa shape index (κ1) is 18.1. The predicted molar refractivity (Wildman–Crippen MR) is 83.7 cm³/mol. The van der Waals surface area contributed by atoms with E-state index in [4.69, 9.17) is 9.84 Å². The highest BCUT2D eigenvalue weighted by molar-refractivity contribution is 7.99. The Morgan fingerprint density at radius 3 is 2.86 bits per heavy atom. The number of rotatable bonds is 8. The first-order valence-corrected chi connectivity index (χ1v) is 8.58. The van der Waals surface area contributed by atoms with Crippen LogP contribution in [-0.4, -0.2) is 65.9 Å². The monoisotopic (exact) mass is 318 g/mol. The van der Waals surface area contributed by atoms with Crippen molar-refractivity contribution in [2.75, 3.05) is 37.8 Å². The number of ether oxygens (including phenoxy) is 1. The predicted octanol–water partition coefficient (Wildman–Crippen LogP) is 1.65. The summed E-state index contributed by atoms with van der Waals surface area (Å²) >= 11 is 1.69. The second kappa shape index (κ2) is 9.89. The summed E-state index contributed by atoms with van der Waals surface area (Å²) in [5.41, 5.74) is 0. The van der Waals surface area contributed by atoms with Gasteiger partial charge in [-0.2, -0.15) is 11.8 Å². The number of carboxylic acids is 1. The summed E-state index contributed by atoms with van der Waals surface area (Å²) in [6.45, 7) is 6.54. The number of carbonyl (C=O) groups excluding carboxylic acids is 1. The summed E-state index contributed by atoms with van der Waals surface area (Å²) < 4.78 is 5.44. The third-order valence-electron chi connectivity index (χ3n) is 3.26. The molecule has 1 rings (SSSR count). The zero-order valence-corrected chi connectivity index (χ0v) is 13.7. The van der Waals surface area contributed by atoms with E-state index in [-0.39, 0.29) is 18.5 Å². The van der Waals surface area contributed by atoms with Crippen molar-refractivity contribution in [1.82, 2.24) is 10.2 Å². The van der Waals surface area contributed by atoms with Gasteiger partial charge < -0.3 is 20.1 Å². The third-order valence-corrected chi connectivity index (χ3v) is 4.35. The van der Waals surface area contributed by atoms with Crippen LogP contribution in [-0.2, 0) is 9.53 Å². The van der Waals surface area contributed by atoms with Crippen LogP contribution >= 0.6 is 11.8 Å². The number of hydrogen-bond donors (Lipinski definition) is 2. The summed E-state index contributed by atoms with van der Waals surface area (Å²) in [6.07, 6.45) is 1.02. The largest absolute Gasteiger partial charge is 0.481 e. The number of nitrogens with zero attached hydrogens (tertiary/aromatic N) is 1. The van der Waals surface area contributed by atoms with Crippen molar-refractivity contribution in [3.8, 4) is 0 Å². The molecule has 0 bridgehead atoms. The second-order valence-electron chi connectivity index (χ2n) is 5.55. The van der Waals surface area contributed by atoms with Gasteiger partial charge in [0.2, 0.25) is 0 Å². The fourth-order valence-corrected chi connectivity index (χ4v) is 3.11. The first-order chi connectivity index (χ1) is 10.0. The lowest BCUT2D eigenvalue weighted by atomic mass is 10.1. The van der Waals surface area contributed by atoms with Gasteiger partial charge in [0.1, 0.15) is 0 Å². The fraction of sp³-hybridized carbons (Fsp3) is 0.857. The van der Waals surface area contributed by atoms with Crippen molar-refractivity contribution in [2.45, 2.75) is 32.7 Å². The van der Waals surface area contributed by atoms with Crippen LogP contribution in [0.5, 0.6) is 0 Å². The number of aliphatic carboxylic acids is 1. The van der Waals surface area contributed by atoms with E-state index in [1.807, 2.05) is 0 Å². The maximum absolute atomic E-state index is 12.1. The molecule has 0 radical (unpaired) electrons. The number of nitrogens with one attached hydrogen (secondary N) is 1. The maximum Gasteiger partial charge on any atom is 0.317 e. The molecule has 1 aliphatic rings. The van der Waals surface area contributed by atoms with Gasteiger partial charge in [0.25, 0.3) is 0 Å². The van der Waals surface area contributed by atoms with E-state index in [0.717, 1.165) is 12.2 Å². The standard InChI is InChI=1S/C14H26N2O4S/c1-11(2)3-6-20-7-4-15-14(19)16-5-8-21-10-12(16)9-13(17)18/h11-12H,3-10H2,1-2H3,(H,15,19)(H,17,18). The Kier molecular flexibility index (Phi) is 8.52. The molecule has 1 heterocycles. The lowest BCUT2D eigenvalue weighted by Crippen LogP contribution is -2.51. The number of thioether (sulfide) groups is 1. The van der Waals surface area contributed by atoms with Crippen molar-refractivity contribution >= 4 is 23.8 Å². The van der Waals surface area contributed by atoms with Gasteiger partial charge in [0, 0.05) is 31.2 Å². The topological polar surface area (TPSA) is 78.9 Å². The van der Waals surface area contributed by atoms with E-state index in [1.165, 1.54) is 0 Å². The molecule has 6 nitrogen and oxygen atoms in total. The Bertz CT molecular complexity index is 339. The van der Waals surface area contributed by atoms with E-state index >= 15 is 0 Å². The molecule has 2 amide bonds. The summed E-state index contributed by atoms with van der Waals surface area (Å²) in [6, 6.07) is -0.405. The number of urea groups is 1. The summed E-state index contributed by atoms with van der Waals surface area (Å²) in [4.78, 5) is 24.6. The summed E-state index contributed by atoms with van der Waals surface area (Å²) in [7, 11) is 0. The molecule has 1 unspecified atom stereocenters. The summed E-state index contributed by atoms with van der Waals surface area (Å²) in [5, 5.41) is 11.7. The van der Waals surface area contributed by atoms with Crippen LogP contribution in [0.1, 0.15) is 26.7 Å². The highest BCUT2D eigenvalue weighted by Gasteiger charge is 2.28. The van der Waals surface area contributed by atoms with Crippen LogP contribution in [0.15, 0.2) is 0 Å². The molecule has 0 saturated carbocycles. The van der Waals surface area contributed by atoms with Gasteiger partial charge in [-0.3, -0.25) is 4.79 Å². The highest BCUT2D eigenvalue weighted by atomic mass is 32.2. The van der Waals surface area contributed by atoms with Crippen molar-refractivity contribution < 1.29 is 19.4 Å². The molecule has 122 valence electrons. The van der Waals surface area contributed by atoms with Crippen LogP contribution in [0.25, 0.3) is 0 Å². The van der Waals surface area contributed by atoms with Gasteiger partial charge in [0.05, 0.1) is 19.1 Å². The molecule has 1 fully saturated rings. The summed E-state index contributed by atoms with van der Waals surface area (Å²) in [5.74, 6) is 1.29. The lowest BCUT2D eigenvalue weighted by Gasteiger charge is -2.34. The van der Waals surface area contributed by atoms with E-state index < -0.39 is 5.97 Å². The Labute approximate surface area is 130 Å². The smallest absolute Gasteiger partial charge is 0.317 e. The molecule has 1 saturated heterocycles. The van der Waals surface area contributed by atoms with Gasteiger partial charge in [-0.25, -0.2) is 4.79 Å². The molecular formula is C14H26N2O4S. The second-order valence-corrected chi connectivity index (χ2v) is 6.70. The molecule has 1 aliphatic heterocycles. The number of carboxylic acid groups (broad SMARTS) is 1. The van der Waals surface area contributed by atoms with Gasteiger partial charge in [-0.15, -0.1) is 0 Å². The Morgan fingerprint density at radius 2 is 2.19 bits per heavy atom. The van der Waals surface area contributed by atoms with E-state index in [0.29, 0.717) is 38.0 Å². The number of hydrogen-bond acceptors (Lipinski definition) is 4. The average Bonchev–Trinajstić information content (AvgIpc) is 2.42. The molecule has 0 aromatic carbocycles. The van der Waals surface area contributed by atoms with Crippen LogP contribution < -0.4 is 5.32 Å². The van der Waals surface area contributed by atoms with E-state index in [9.17, 15) is 9.59 Å². The van der Waals surface area contributed by atoms with Crippen LogP contribution in [0.2, 0.25) is 0 Å². The van der Waals surface area contributed by atoms with Crippen molar-refractivity contribution in [2.24, 2.45) is 5.92 Å². The average molecular weight is 318 g/mol. The Hall–Kier alpha value is -0.950. The third kappa shape index (κ3) is 7.57. The molecule has 0 aliphatic carbocycles. The normalized spacial score (nSPS) is 18.8. The molecule has 0 spiro atoms. The van der Waals surface area contributed by atoms with Gasteiger partial charge in [-0.1, -0.05) is 13.8 Å². The molecule has 2 N–H and O–H groups in total. The molecular weight excluding hydrogens is 292 g/mol. The Morgan fingerprint density at radius 1 is 1.43 bits per heavy atom. The quantitative estimate of drug-likeness (QED) is 0.665. The lowest BCUT2D eigenvalue weighted by molar-refractivity contribution is -0.138. The molecule has 1 atom stereocenters. The van der Waals surface area contributed by atoms with E-state index in [1.54, 1.807) is 16.7 Å². The van der Waals surface area contributed by atoms with E-state index in [2.05, 4.69) is 19.2 Å². The zero-order valence-electron chi connectivity index (χ0n) is 12.8. The first-order valence-electron chi connectivity index (χ1n) is 7.42. The molecule has 0 aromatic rings. The minimum Gasteiger partial charge on any atom is -0.481 e. The van der Waals surface area contributed by atoms with Crippen molar-refractivity contribution in [1.29, 1.82) is 0 Å². The van der Waals surface area contributed by atoms with Crippen LogP contribution in [0.3, 0.4) is 0 Å². The fourth-order valence-electron chi connectivity index (χ4n) is 2.05. The van der Waals surface area contributed by atoms with Gasteiger partial charge in [0.15, 0.2) is 0 Å². The SMILES string of the molecule is CC(C)CCOCCNC(=O)N1CCSCC1CC(=O)O. The highest BCUT2D eigenvalue weighted by Crippen LogP contribution is 2.18. The zero-order chi connectivity index (χ0) is 15.7. The number of carbonyl (C=O) groups is 2. The maximum atomic E-state index is 12.1. The number of amides is 2. The minimum absolute atomic E-state index is 0.00527. The van der Waals surface area contributed by atoms with Crippen LogP contribution in [0, 0.1) is 5.92 Å².